The maximum Gasteiger partial charge on any atom is 0.264 e. The topological polar surface area (TPSA) is 43.4 Å². The Morgan fingerprint density at radius 1 is 1.31 bits per heavy atom. The normalized spacial score (nSPS) is 14.7. The van der Waals surface area contributed by atoms with E-state index in [1.54, 1.807) is 13.0 Å². The van der Waals surface area contributed by atoms with E-state index in [0.717, 1.165) is 6.26 Å². The van der Waals surface area contributed by atoms with Gasteiger partial charge in [-0.15, -0.1) is 6.58 Å². The minimum atomic E-state index is -3.33. The highest BCUT2D eigenvalue weighted by Crippen LogP contribution is 2.09. The molecule has 0 saturated carbocycles. The van der Waals surface area contributed by atoms with Crippen molar-refractivity contribution in [3.8, 4) is 0 Å². The Labute approximate surface area is 94.6 Å². The molecule has 0 aliphatic rings. The van der Waals surface area contributed by atoms with Gasteiger partial charge in [0, 0.05) is 5.92 Å². The van der Waals surface area contributed by atoms with Crippen LogP contribution in [0.15, 0.2) is 12.7 Å². The van der Waals surface area contributed by atoms with E-state index in [9.17, 15) is 8.42 Å². The van der Waals surface area contributed by atoms with E-state index in [0.29, 0.717) is 0 Å². The molecule has 0 spiro atoms. The van der Waals surface area contributed by atoms with Crippen LogP contribution in [-0.2, 0) is 14.3 Å². The van der Waals surface area contributed by atoms with Gasteiger partial charge in [-0.2, -0.15) is 35.4 Å². The van der Waals surface area contributed by atoms with E-state index in [4.69, 9.17) is 4.18 Å². The highest BCUT2D eigenvalue weighted by molar-refractivity contribution is 7.86. The molecule has 0 aromatic rings. The van der Waals surface area contributed by atoms with Gasteiger partial charge < -0.3 is 0 Å². The first-order chi connectivity index (χ1) is 4.87. The average molecular weight is 246 g/mol. The molecule has 2 atom stereocenters. The monoisotopic (exact) mass is 246 g/mol. The van der Waals surface area contributed by atoms with Crippen LogP contribution in [0.1, 0.15) is 13.8 Å². The third-order valence-electron chi connectivity index (χ3n) is 1.44. The van der Waals surface area contributed by atoms with Crippen LogP contribution in [0.3, 0.4) is 0 Å². The second-order valence-electron chi connectivity index (χ2n) is 2.60. The fraction of sp³-hybridized carbons (Fsp3) is 0.714. The Morgan fingerprint density at radius 3 is 1.92 bits per heavy atom. The van der Waals surface area contributed by atoms with E-state index in [2.05, 4.69) is 6.58 Å². The van der Waals surface area contributed by atoms with Crippen LogP contribution in [0.25, 0.3) is 0 Å². The zero-order valence-electron chi connectivity index (χ0n) is 8.07. The predicted molar refractivity (Wildman–Crippen MR) is 65.5 cm³/mol. The van der Waals surface area contributed by atoms with Gasteiger partial charge in [0.1, 0.15) is 0 Å². The molecular weight excluding hydrogens is 228 g/mol. The molecule has 13 heavy (non-hydrogen) atoms. The molecule has 0 bridgehead atoms. The standard InChI is InChI=1S/C7H14O3S.2H2S/c1-5-6(2)7(3)10-11(4,8)9;;/h5-7H,1H2,2-4H3;2*1H2/t6-,7-;;/m0../s1. The summed E-state index contributed by atoms with van der Waals surface area (Å²) in [6, 6.07) is 0. The number of hydrogen-bond acceptors (Lipinski definition) is 3. The molecule has 0 aliphatic carbocycles. The molecule has 0 aliphatic heterocycles. The third-order valence-corrected chi connectivity index (χ3v) is 2.09. The van der Waals surface area contributed by atoms with E-state index in [1.807, 2.05) is 6.92 Å². The van der Waals surface area contributed by atoms with Crippen molar-refractivity contribution < 1.29 is 12.6 Å². The van der Waals surface area contributed by atoms with Gasteiger partial charge >= 0.3 is 0 Å². The van der Waals surface area contributed by atoms with Crippen molar-refractivity contribution in [1.29, 1.82) is 0 Å². The zero-order valence-corrected chi connectivity index (χ0v) is 10.9. The fourth-order valence-corrected chi connectivity index (χ4v) is 1.28. The van der Waals surface area contributed by atoms with Gasteiger partial charge in [-0.25, -0.2) is 0 Å². The van der Waals surface area contributed by atoms with Gasteiger partial charge in [0.15, 0.2) is 0 Å². The highest BCUT2D eigenvalue weighted by Gasteiger charge is 2.14. The van der Waals surface area contributed by atoms with Gasteiger partial charge in [-0.1, -0.05) is 13.0 Å². The minimum Gasteiger partial charge on any atom is -0.267 e. The van der Waals surface area contributed by atoms with E-state index in [1.165, 1.54) is 0 Å². The van der Waals surface area contributed by atoms with Gasteiger partial charge in [-0.05, 0) is 6.92 Å². The lowest BCUT2D eigenvalue weighted by molar-refractivity contribution is 0.193. The molecule has 0 aromatic carbocycles. The van der Waals surface area contributed by atoms with Crippen LogP contribution in [0.2, 0.25) is 0 Å². The lowest BCUT2D eigenvalue weighted by Crippen LogP contribution is -2.19. The first-order valence-corrected chi connectivity index (χ1v) is 5.19. The lowest BCUT2D eigenvalue weighted by atomic mass is 10.1. The van der Waals surface area contributed by atoms with Crippen LogP contribution in [0, 0.1) is 5.92 Å². The van der Waals surface area contributed by atoms with Gasteiger partial charge in [0.05, 0.1) is 12.4 Å². The quantitative estimate of drug-likeness (QED) is 0.556. The van der Waals surface area contributed by atoms with E-state index >= 15 is 0 Å². The Balaban J connectivity index is -0.000000500. The molecule has 0 N–H and O–H groups in total. The molecule has 0 radical (unpaired) electrons. The van der Waals surface area contributed by atoms with Crippen molar-refractivity contribution in [1.82, 2.24) is 0 Å². The van der Waals surface area contributed by atoms with Gasteiger partial charge in [-0.3, -0.25) is 4.18 Å². The Kier molecular flexibility index (Phi) is 11.3. The lowest BCUT2D eigenvalue weighted by Gasteiger charge is -2.14. The summed E-state index contributed by atoms with van der Waals surface area (Å²) in [6.07, 6.45) is 2.37. The molecule has 0 unspecified atom stereocenters. The summed E-state index contributed by atoms with van der Waals surface area (Å²) < 4.78 is 25.9. The predicted octanol–water partition coefficient (Wildman–Crippen LogP) is 1.40. The van der Waals surface area contributed by atoms with Crippen molar-refractivity contribution in [3.63, 3.8) is 0 Å². The molecule has 0 amide bonds. The third kappa shape index (κ3) is 10.3. The zero-order chi connectivity index (χ0) is 9.07. The molecular formula is C7H18O3S3. The summed E-state index contributed by atoms with van der Waals surface area (Å²) in [4.78, 5) is 0. The second-order valence-corrected chi connectivity index (χ2v) is 4.20. The maximum absolute atomic E-state index is 10.6. The average Bonchev–Trinajstić information content (AvgIpc) is 1.82. The molecule has 0 heterocycles. The van der Waals surface area contributed by atoms with Gasteiger partial charge in [0.25, 0.3) is 10.1 Å². The largest absolute Gasteiger partial charge is 0.267 e. The molecule has 0 rings (SSSR count). The molecule has 0 fully saturated rings. The van der Waals surface area contributed by atoms with Crippen LogP contribution < -0.4 is 0 Å². The van der Waals surface area contributed by atoms with Gasteiger partial charge in [0.2, 0.25) is 0 Å². The van der Waals surface area contributed by atoms with Crippen LogP contribution in [-0.4, -0.2) is 20.8 Å². The molecule has 6 heteroatoms. The first kappa shape index (κ1) is 19.0. The van der Waals surface area contributed by atoms with Crippen molar-refractivity contribution in [2.75, 3.05) is 6.26 Å². The molecule has 0 saturated heterocycles. The molecule has 82 valence electrons. The Morgan fingerprint density at radius 2 is 1.69 bits per heavy atom. The molecule has 0 aromatic heterocycles. The Hall–Kier alpha value is 0.350. The Bertz CT molecular complexity index is 223. The summed E-state index contributed by atoms with van der Waals surface area (Å²) in [5.74, 6) is 0.0460. The minimum absolute atomic E-state index is 0. The van der Waals surface area contributed by atoms with Crippen molar-refractivity contribution in [2.45, 2.75) is 20.0 Å². The molecule has 3 nitrogen and oxygen atoms in total. The number of hydrogen-bond donors (Lipinski definition) is 0. The smallest absolute Gasteiger partial charge is 0.264 e. The SMILES string of the molecule is C=C[C@H](C)[C@H](C)OS(C)(=O)=O.S.S. The van der Waals surface area contributed by atoms with E-state index in [-0.39, 0.29) is 39.0 Å². The number of rotatable bonds is 4. The maximum atomic E-state index is 10.6. The first-order valence-electron chi connectivity index (χ1n) is 3.37. The summed E-state index contributed by atoms with van der Waals surface area (Å²) in [6.45, 7) is 7.09. The second kappa shape index (κ2) is 7.73. The highest BCUT2D eigenvalue weighted by atomic mass is 32.2. The van der Waals surface area contributed by atoms with Crippen molar-refractivity contribution >= 4 is 37.1 Å². The fourth-order valence-electron chi connectivity index (χ4n) is 0.555. The van der Waals surface area contributed by atoms with Crippen LogP contribution in [0.5, 0.6) is 0 Å². The summed E-state index contributed by atoms with van der Waals surface area (Å²) in [5, 5.41) is 0. The van der Waals surface area contributed by atoms with Crippen LogP contribution >= 0.6 is 27.0 Å². The summed E-state index contributed by atoms with van der Waals surface area (Å²) in [5.41, 5.74) is 0. The van der Waals surface area contributed by atoms with Crippen molar-refractivity contribution in [2.24, 2.45) is 5.92 Å². The van der Waals surface area contributed by atoms with Crippen LogP contribution in [0.4, 0.5) is 0 Å². The van der Waals surface area contributed by atoms with E-state index < -0.39 is 10.1 Å². The summed E-state index contributed by atoms with van der Waals surface area (Å²) in [7, 11) is -3.33. The van der Waals surface area contributed by atoms with Crippen molar-refractivity contribution in [3.05, 3.63) is 12.7 Å². The summed E-state index contributed by atoms with van der Waals surface area (Å²) >= 11 is 0.